The predicted octanol–water partition coefficient (Wildman–Crippen LogP) is 4.32. The zero-order chi connectivity index (χ0) is 22.9. The summed E-state index contributed by atoms with van der Waals surface area (Å²) in [6.07, 6.45) is -0.188. The van der Waals surface area contributed by atoms with E-state index in [9.17, 15) is 31.2 Å². The van der Waals surface area contributed by atoms with Gasteiger partial charge in [0, 0.05) is 30.6 Å². The molecule has 1 rings (SSSR count). The minimum absolute atomic E-state index is 0.00470. The molecule has 1 aromatic rings. The predicted molar refractivity (Wildman–Crippen MR) is 102 cm³/mol. The lowest BCUT2D eigenvalue weighted by Crippen LogP contribution is -2.28. The van der Waals surface area contributed by atoms with Crippen LogP contribution >= 0.6 is 0 Å². The number of carbonyl (C=O) groups excluding carboxylic acids is 2. The maximum Gasteiger partial charge on any atom is 0.534 e. The number of carbonyl (C=O) groups is 2. The summed E-state index contributed by atoms with van der Waals surface area (Å²) in [5, 5.41) is 0. The molecule has 7 nitrogen and oxygen atoms in total. The second-order valence-corrected chi connectivity index (χ2v) is 7.71. The number of Topliss-reactive ketones (excluding diaryl/α,β-unsaturated/α-hetero) is 1. The van der Waals surface area contributed by atoms with Gasteiger partial charge in [-0.3, -0.25) is 9.59 Å². The van der Waals surface area contributed by atoms with Crippen molar-refractivity contribution in [1.82, 2.24) is 0 Å². The summed E-state index contributed by atoms with van der Waals surface area (Å²) >= 11 is 0. The van der Waals surface area contributed by atoms with E-state index in [2.05, 4.69) is 4.18 Å². The highest BCUT2D eigenvalue weighted by atomic mass is 32.2. The molecular weight excluding hydrogens is 429 g/mol. The summed E-state index contributed by atoms with van der Waals surface area (Å²) in [4.78, 5) is 23.8. The van der Waals surface area contributed by atoms with E-state index in [1.54, 1.807) is 20.8 Å². The van der Waals surface area contributed by atoms with Crippen LogP contribution in [-0.2, 0) is 24.4 Å². The topological polar surface area (TPSA) is 96.0 Å². The monoisotopic (exact) mass is 454 g/mol. The number of hydrogen-bond acceptors (Lipinski definition) is 7. The third-order valence-electron chi connectivity index (χ3n) is 3.99. The van der Waals surface area contributed by atoms with Gasteiger partial charge in [0.05, 0.1) is 12.7 Å². The highest BCUT2D eigenvalue weighted by Crippen LogP contribution is 2.35. The van der Waals surface area contributed by atoms with Gasteiger partial charge in [-0.05, 0) is 44.9 Å². The lowest BCUT2D eigenvalue weighted by molar-refractivity contribution is -0.143. The van der Waals surface area contributed by atoms with Gasteiger partial charge >= 0.3 is 21.6 Å². The van der Waals surface area contributed by atoms with Gasteiger partial charge in [-0.1, -0.05) is 6.92 Å². The molecule has 0 fully saturated rings. The molecule has 0 spiro atoms. The van der Waals surface area contributed by atoms with Crippen molar-refractivity contribution in [3.8, 4) is 5.75 Å². The van der Waals surface area contributed by atoms with E-state index in [0.717, 1.165) is 6.07 Å². The molecule has 170 valence electrons. The van der Waals surface area contributed by atoms with E-state index < -0.39 is 33.4 Å². The smallest absolute Gasteiger partial charge is 0.466 e. The zero-order valence-corrected chi connectivity index (χ0v) is 17.8. The molecule has 0 aliphatic heterocycles. The molecule has 0 amide bonds. The van der Waals surface area contributed by atoms with Crippen molar-refractivity contribution in [3.63, 3.8) is 0 Å². The first-order valence-corrected chi connectivity index (χ1v) is 10.8. The van der Waals surface area contributed by atoms with Crippen LogP contribution < -0.4 is 4.18 Å². The Kier molecular flexibility index (Phi) is 9.76. The fraction of sp³-hybridized carbons (Fsp3) is 0.579. The maximum absolute atomic E-state index is 12.7. The summed E-state index contributed by atoms with van der Waals surface area (Å²) in [5.74, 6) is -1.36. The Morgan fingerprint density at radius 1 is 1.07 bits per heavy atom. The van der Waals surface area contributed by atoms with Crippen LogP contribution in [0.15, 0.2) is 18.2 Å². The van der Waals surface area contributed by atoms with Gasteiger partial charge in [0.15, 0.2) is 5.78 Å². The number of rotatable bonds is 12. The number of ether oxygens (including phenoxy) is 2. The Bertz CT molecular complexity index is 835. The first-order valence-electron chi connectivity index (χ1n) is 9.41. The molecule has 0 aromatic heterocycles. The van der Waals surface area contributed by atoms with Crippen molar-refractivity contribution in [2.24, 2.45) is 0 Å². The Morgan fingerprint density at radius 2 is 1.73 bits per heavy atom. The third-order valence-corrected chi connectivity index (χ3v) is 4.96. The van der Waals surface area contributed by atoms with E-state index in [1.807, 2.05) is 0 Å². The standard InChI is InChI=1S/C19H25F3O7S/c1-4-16(27-5-2)14-12-13(15(23)8-7-9-18(24)28-6-3)10-11-17(14)29-30(25,26)19(20,21)22/h10-12,16H,4-9H2,1-3H3. The quantitative estimate of drug-likeness (QED) is 0.201. The summed E-state index contributed by atoms with van der Waals surface area (Å²) in [6, 6.07) is 3.44. The molecule has 0 aliphatic rings. The second-order valence-electron chi connectivity index (χ2n) is 6.17. The minimum atomic E-state index is -5.88. The van der Waals surface area contributed by atoms with Crippen LogP contribution in [0.25, 0.3) is 0 Å². The third kappa shape index (κ3) is 7.28. The average molecular weight is 454 g/mol. The normalized spacial score (nSPS) is 13.0. The van der Waals surface area contributed by atoms with Gasteiger partial charge in [0.1, 0.15) is 5.75 Å². The summed E-state index contributed by atoms with van der Waals surface area (Å²) in [6.45, 7) is 5.46. The van der Waals surface area contributed by atoms with Crippen LogP contribution in [0.1, 0.15) is 68.5 Å². The van der Waals surface area contributed by atoms with Crippen molar-refractivity contribution in [1.29, 1.82) is 0 Å². The largest absolute Gasteiger partial charge is 0.534 e. The Labute approximate surface area is 173 Å². The van der Waals surface area contributed by atoms with E-state index in [-0.39, 0.29) is 49.4 Å². The second kappa shape index (κ2) is 11.3. The first-order chi connectivity index (χ1) is 14.0. The van der Waals surface area contributed by atoms with Crippen LogP contribution in [0.2, 0.25) is 0 Å². The highest BCUT2D eigenvalue weighted by Gasteiger charge is 2.49. The van der Waals surface area contributed by atoms with Crippen molar-refractivity contribution in [3.05, 3.63) is 29.3 Å². The maximum atomic E-state index is 12.7. The molecule has 11 heteroatoms. The Balaban J connectivity index is 3.15. The van der Waals surface area contributed by atoms with E-state index in [0.29, 0.717) is 6.42 Å². The molecule has 0 heterocycles. The van der Waals surface area contributed by atoms with E-state index >= 15 is 0 Å². The van der Waals surface area contributed by atoms with Crippen molar-refractivity contribution in [2.75, 3.05) is 13.2 Å². The highest BCUT2D eigenvalue weighted by molar-refractivity contribution is 7.88. The van der Waals surface area contributed by atoms with Crippen LogP contribution in [0.4, 0.5) is 13.2 Å². The molecule has 1 unspecified atom stereocenters. The van der Waals surface area contributed by atoms with Gasteiger partial charge in [-0.2, -0.15) is 21.6 Å². The fourth-order valence-corrected chi connectivity index (χ4v) is 3.10. The van der Waals surface area contributed by atoms with Gasteiger partial charge in [-0.15, -0.1) is 0 Å². The minimum Gasteiger partial charge on any atom is -0.466 e. The van der Waals surface area contributed by atoms with Crippen LogP contribution in [0, 0.1) is 0 Å². The van der Waals surface area contributed by atoms with Crippen LogP contribution in [0.5, 0.6) is 5.75 Å². The van der Waals surface area contributed by atoms with Crippen molar-refractivity contribution in [2.45, 2.75) is 58.1 Å². The summed E-state index contributed by atoms with van der Waals surface area (Å²) < 4.78 is 75.5. The molecule has 0 saturated heterocycles. The zero-order valence-electron chi connectivity index (χ0n) is 17.0. The molecule has 0 radical (unpaired) electrons. The molecule has 0 bridgehead atoms. The van der Waals surface area contributed by atoms with E-state index in [1.165, 1.54) is 12.1 Å². The van der Waals surface area contributed by atoms with Crippen molar-refractivity contribution < 1.29 is 44.8 Å². The van der Waals surface area contributed by atoms with Gasteiger partial charge in [0.25, 0.3) is 0 Å². The fourth-order valence-electron chi connectivity index (χ4n) is 2.61. The van der Waals surface area contributed by atoms with Gasteiger partial charge in [0.2, 0.25) is 0 Å². The first kappa shape index (κ1) is 25.9. The molecular formula is C19H25F3O7S. The van der Waals surface area contributed by atoms with Gasteiger partial charge < -0.3 is 13.7 Å². The number of hydrogen-bond donors (Lipinski definition) is 0. The summed E-state index contributed by atoms with van der Waals surface area (Å²) in [7, 11) is -5.88. The number of alkyl halides is 3. The number of halogens is 3. The van der Waals surface area contributed by atoms with Crippen LogP contribution in [0.3, 0.4) is 0 Å². The van der Waals surface area contributed by atoms with E-state index in [4.69, 9.17) is 9.47 Å². The number of esters is 1. The van der Waals surface area contributed by atoms with Crippen molar-refractivity contribution >= 4 is 21.9 Å². The SMILES string of the molecule is CCOC(=O)CCCC(=O)c1ccc(OS(=O)(=O)C(F)(F)F)c(C(CC)OCC)c1. The molecule has 0 aliphatic carbocycles. The molecule has 1 atom stereocenters. The number of benzene rings is 1. The van der Waals surface area contributed by atoms with Gasteiger partial charge in [-0.25, -0.2) is 0 Å². The molecule has 1 aromatic carbocycles. The molecule has 0 saturated carbocycles. The molecule has 0 N–H and O–H groups in total. The lowest BCUT2D eigenvalue weighted by atomic mass is 9.98. The summed E-state index contributed by atoms with van der Waals surface area (Å²) in [5.41, 5.74) is -5.44. The average Bonchev–Trinajstić information content (AvgIpc) is 2.65. The lowest BCUT2D eigenvalue weighted by Gasteiger charge is -2.20. The Hall–Kier alpha value is -2.14. The Morgan fingerprint density at radius 3 is 2.27 bits per heavy atom. The molecule has 30 heavy (non-hydrogen) atoms. The van der Waals surface area contributed by atoms with Crippen LogP contribution in [-0.4, -0.2) is 38.9 Å². The number of ketones is 1.